The van der Waals surface area contributed by atoms with E-state index in [1.807, 2.05) is 37.4 Å². The number of carbonyl (C=O) groups is 2. The van der Waals surface area contributed by atoms with Crippen LogP contribution in [0.15, 0.2) is 29.2 Å². The largest absolute Gasteiger partial charge is 0.464 e. The number of esters is 1. The maximum absolute atomic E-state index is 12.1. The zero-order chi connectivity index (χ0) is 16.4. The van der Waals surface area contributed by atoms with E-state index in [4.69, 9.17) is 4.74 Å². The van der Waals surface area contributed by atoms with Crippen molar-refractivity contribution < 1.29 is 14.3 Å². The SMILES string of the molecule is CCCCC(NC(=O)Nc1cccc(SC)c1)C(=O)OCC. The van der Waals surface area contributed by atoms with Crippen molar-refractivity contribution >= 4 is 29.4 Å². The highest BCUT2D eigenvalue weighted by Crippen LogP contribution is 2.18. The zero-order valence-corrected chi connectivity index (χ0v) is 14.2. The van der Waals surface area contributed by atoms with Crippen LogP contribution in [0.4, 0.5) is 10.5 Å². The third kappa shape index (κ3) is 6.39. The van der Waals surface area contributed by atoms with Crippen molar-refractivity contribution in [3.8, 4) is 0 Å². The van der Waals surface area contributed by atoms with Gasteiger partial charge in [0.25, 0.3) is 0 Å². The van der Waals surface area contributed by atoms with Crippen molar-refractivity contribution in [2.24, 2.45) is 0 Å². The molecule has 0 heterocycles. The lowest BCUT2D eigenvalue weighted by molar-refractivity contribution is -0.145. The summed E-state index contributed by atoms with van der Waals surface area (Å²) in [4.78, 5) is 25.0. The molecule has 2 amide bonds. The molecule has 0 saturated heterocycles. The van der Waals surface area contributed by atoms with E-state index in [1.54, 1.807) is 18.7 Å². The second kappa shape index (κ2) is 10.1. The second-order valence-electron chi connectivity index (χ2n) is 4.78. The summed E-state index contributed by atoms with van der Waals surface area (Å²) < 4.78 is 5.00. The molecule has 0 radical (unpaired) electrons. The lowest BCUT2D eigenvalue weighted by atomic mass is 10.1. The van der Waals surface area contributed by atoms with Crippen LogP contribution in [0.5, 0.6) is 0 Å². The third-order valence-corrected chi connectivity index (χ3v) is 3.78. The van der Waals surface area contributed by atoms with Gasteiger partial charge in [0.05, 0.1) is 6.61 Å². The van der Waals surface area contributed by atoms with Crippen LogP contribution in [-0.2, 0) is 9.53 Å². The number of hydrogen-bond acceptors (Lipinski definition) is 4. The monoisotopic (exact) mass is 324 g/mol. The van der Waals surface area contributed by atoms with E-state index in [9.17, 15) is 9.59 Å². The van der Waals surface area contributed by atoms with Crippen molar-refractivity contribution in [2.75, 3.05) is 18.2 Å². The van der Waals surface area contributed by atoms with E-state index in [1.165, 1.54) is 0 Å². The van der Waals surface area contributed by atoms with Gasteiger partial charge in [-0.2, -0.15) is 0 Å². The van der Waals surface area contributed by atoms with Gasteiger partial charge in [0.2, 0.25) is 0 Å². The maximum atomic E-state index is 12.1. The molecule has 1 aromatic rings. The predicted octanol–water partition coefficient (Wildman–Crippen LogP) is 3.65. The van der Waals surface area contributed by atoms with Gasteiger partial charge in [-0.3, -0.25) is 0 Å². The second-order valence-corrected chi connectivity index (χ2v) is 5.66. The summed E-state index contributed by atoms with van der Waals surface area (Å²) in [7, 11) is 0. The number of rotatable bonds is 8. The van der Waals surface area contributed by atoms with Crippen molar-refractivity contribution in [1.29, 1.82) is 0 Å². The van der Waals surface area contributed by atoms with Crippen LogP contribution in [-0.4, -0.2) is 30.9 Å². The highest BCUT2D eigenvalue weighted by atomic mass is 32.2. The van der Waals surface area contributed by atoms with E-state index in [0.29, 0.717) is 18.7 Å². The average molecular weight is 324 g/mol. The Morgan fingerprint density at radius 1 is 1.32 bits per heavy atom. The summed E-state index contributed by atoms with van der Waals surface area (Å²) in [6.07, 6.45) is 4.36. The number of nitrogens with one attached hydrogen (secondary N) is 2. The lowest BCUT2D eigenvalue weighted by Crippen LogP contribution is -2.43. The van der Waals surface area contributed by atoms with Crippen molar-refractivity contribution in [1.82, 2.24) is 5.32 Å². The van der Waals surface area contributed by atoms with E-state index >= 15 is 0 Å². The summed E-state index contributed by atoms with van der Waals surface area (Å²) in [5, 5.41) is 5.44. The predicted molar refractivity (Wildman–Crippen MR) is 90.3 cm³/mol. The molecule has 0 saturated carbocycles. The number of amides is 2. The molecule has 0 aliphatic rings. The third-order valence-electron chi connectivity index (χ3n) is 3.05. The summed E-state index contributed by atoms with van der Waals surface area (Å²) in [6.45, 7) is 4.10. The normalized spacial score (nSPS) is 11.6. The fraction of sp³-hybridized carbons (Fsp3) is 0.500. The number of carbonyl (C=O) groups excluding carboxylic acids is 2. The fourth-order valence-corrected chi connectivity index (χ4v) is 2.39. The molecular weight excluding hydrogens is 300 g/mol. The number of hydrogen-bond donors (Lipinski definition) is 2. The first-order valence-electron chi connectivity index (χ1n) is 7.48. The van der Waals surface area contributed by atoms with E-state index in [2.05, 4.69) is 10.6 Å². The highest BCUT2D eigenvalue weighted by molar-refractivity contribution is 7.98. The van der Waals surface area contributed by atoms with Crippen LogP contribution in [0.3, 0.4) is 0 Å². The molecule has 1 aromatic carbocycles. The van der Waals surface area contributed by atoms with Crippen LogP contribution in [0, 0.1) is 0 Å². The number of anilines is 1. The van der Waals surface area contributed by atoms with Crippen LogP contribution in [0.25, 0.3) is 0 Å². The highest BCUT2D eigenvalue weighted by Gasteiger charge is 2.21. The van der Waals surface area contributed by atoms with Gasteiger partial charge in [0, 0.05) is 10.6 Å². The number of ether oxygens (including phenoxy) is 1. The van der Waals surface area contributed by atoms with Gasteiger partial charge >= 0.3 is 12.0 Å². The van der Waals surface area contributed by atoms with E-state index < -0.39 is 12.1 Å². The Bertz CT molecular complexity index is 494. The molecule has 22 heavy (non-hydrogen) atoms. The molecule has 122 valence electrons. The lowest BCUT2D eigenvalue weighted by Gasteiger charge is -2.17. The molecule has 1 atom stereocenters. The molecule has 5 nitrogen and oxygen atoms in total. The van der Waals surface area contributed by atoms with Gasteiger partial charge in [-0.1, -0.05) is 25.8 Å². The molecule has 0 aliphatic heterocycles. The quantitative estimate of drug-likeness (QED) is 0.566. The van der Waals surface area contributed by atoms with Crippen LogP contribution >= 0.6 is 11.8 Å². The Hall–Kier alpha value is -1.69. The smallest absolute Gasteiger partial charge is 0.328 e. The summed E-state index contributed by atoms with van der Waals surface area (Å²) in [5.74, 6) is -0.385. The maximum Gasteiger partial charge on any atom is 0.328 e. The summed E-state index contributed by atoms with van der Waals surface area (Å²) in [6, 6.07) is 6.54. The minimum atomic E-state index is -0.608. The van der Waals surface area contributed by atoms with E-state index in [0.717, 1.165) is 17.7 Å². The molecule has 0 aromatic heterocycles. The molecule has 2 N–H and O–H groups in total. The first-order chi connectivity index (χ1) is 10.6. The van der Waals surface area contributed by atoms with Crippen molar-refractivity contribution in [3.63, 3.8) is 0 Å². The Balaban J connectivity index is 2.63. The van der Waals surface area contributed by atoms with Crippen molar-refractivity contribution in [3.05, 3.63) is 24.3 Å². The van der Waals surface area contributed by atoms with Crippen LogP contribution < -0.4 is 10.6 Å². The average Bonchev–Trinajstić information content (AvgIpc) is 2.51. The molecule has 0 spiro atoms. The number of unbranched alkanes of at least 4 members (excludes halogenated alkanes) is 1. The fourth-order valence-electron chi connectivity index (χ4n) is 1.93. The minimum absolute atomic E-state index is 0.306. The molecule has 0 bridgehead atoms. The molecule has 0 fully saturated rings. The van der Waals surface area contributed by atoms with E-state index in [-0.39, 0.29) is 5.97 Å². The Morgan fingerprint density at radius 2 is 2.09 bits per heavy atom. The Morgan fingerprint density at radius 3 is 2.73 bits per heavy atom. The van der Waals surface area contributed by atoms with Gasteiger partial charge in [0.15, 0.2) is 0 Å². The molecule has 1 rings (SSSR count). The number of benzene rings is 1. The standard InChI is InChI=1S/C16H24N2O3S/c1-4-6-10-14(15(19)21-5-2)18-16(20)17-12-8-7-9-13(11-12)22-3/h7-9,11,14H,4-6,10H2,1-3H3,(H2,17,18,20). The molecule has 0 aliphatic carbocycles. The summed E-state index contributed by atoms with van der Waals surface area (Å²) in [5.41, 5.74) is 0.697. The number of urea groups is 1. The van der Waals surface area contributed by atoms with Gasteiger partial charge in [-0.05, 0) is 37.8 Å². The minimum Gasteiger partial charge on any atom is -0.464 e. The molecule has 6 heteroatoms. The van der Waals surface area contributed by atoms with Crippen LogP contribution in [0.1, 0.15) is 33.1 Å². The van der Waals surface area contributed by atoms with Gasteiger partial charge in [-0.25, -0.2) is 9.59 Å². The first kappa shape index (κ1) is 18.4. The molecule has 1 unspecified atom stereocenters. The topological polar surface area (TPSA) is 67.4 Å². The van der Waals surface area contributed by atoms with Gasteiger partial charge in [0.1, 0.15) is 6.04 Å². The first-order valence-corrected chi connectivity index (χ1v) is 8.71. The van der Waals surface area contributed by atoms with Crippen molar-refractivity contribution in [2.45, 2.75) is 44.0 Å². The van der Waals surface area contributed by atoms with Gasteiger partial charge < -0.3 is 15.4 Å². The number of thioether (sulfide) groups is 1. The van der Waals surface area contributed by atoms with Gasteiger partial charge in [-0.15, -0.1) is 11.8 Å². The zero-order valence-electron chi connectivity index (χ0n) is 13.3. The molecular formula is C16H24N2O3S. The Labute approximate surface area is 136 Å². The van der Waals surface area contributed by atoms with Crippen LogP contribution in [0.2, 0.25) is 0 Å². The summed E-state index contributed by atoms with van der Waals surface area (Å²) >= 11 is 1.60. The Kier molecular flexibility index (Phi) is 8.43.